The molecule has 1 spiro atoms. The van der Waals surface area contributed by atoms with E-state index in [9.17, 15) is 4.79 Å². The lowest BCUT2D eigenvalue weighted by atomic mass is 9.93. The Kier molecular flexibility index (Phi) is 2.21. The Morgan fingerprint density at radius 3 is 2.60 bits per heavy atom. The zero-order valence-corrected chi connectivity index (χ0v) is 9.00. The number of nitrogens with zero attached hydrogens (tertiary/aromatic N) is 1. The summed E-state index contributed by atoms with van der Waals surface area (Å²) in [5.41, 5.74) is 0.0139. The van der Waals surface area contributed by atoms with Crippen molar-refractivity contribution in [1.29, 1.82) is 0 Å². The van der Waals surface area contributed by atoms with Crippen LogP contribution in [0.3, 0.4) is 0 Å². The minimum Gasteiger partial charge on any atom is -0.359 e. The molecule has 3 aliphatic heterocycles. The second kappa shape index (κ2) is 3.46. The highest BCUT2D eigenvalue weighted by Crippen LogP contribution is 2.34. The van der Waals surface area contributed by atoms with Crippen molar-refractivity contribution in [2.45, 2.75) is 37.4 Å². The molecule has 0 aliphatic carbocycles. The predicted octanol–water partition coefficient (Wildman–Crippen LogP) is 0.130. The number of carbonyl (C=O) groups is 1. The summed E-state index contributed by atoms with van der Waals surface area (Å²) in [6, 6.07) is 0. The first-order chi connectivity index (χ1) is 7.29. The molecular formula is C11H18N2O2. The number of hydrogen-bond acceptors (Lipinski definition) is 3. The van der Waals surface area contributed by atoms with Crippen LogP contribution in [0.1, 0.15) is 25.7 Å². The molecular weight excluding hydrogens is 192 g/mol. The average Bonchev–Trinajstić information content (AvgIpc) is 2.85. The lowest BCUT2D eigenvalue weighted by Crippen LogP contribution is -2.59. The highest BCUT2D eigenvalue weighted by molar-refractivity contribution is 5.81. The van der Waals surface area contributed by atoms with Gasteiger partial charge in [-0.15, -0.1) is 0 Å². The minimum absolute atomic E-state index is 0.0139. The number of carbonyl (C=O) groups excluding carboxylic acids is 1. The van der Waals surface area contributed by atoms with Crippen molar-refractivity contribution < 1.29 is 9.53 Å². The van der Waals surface area contributed by atoms with Crippen LogP contribution in [0.2, 0.25) is 0 Å². The van der Waals surface area contributed by atoms with Crippen LogP contribution >= 0.6 is 0 Å². The van der Waals surface area contributed by atoms with E-state index in [4.69, 9.17) is 4.74 Å². The molecule has 3 aliphatic rings. The van der Waals surface area contributed by atoms with Crippen molar-refractivity contribution >= 4 is 5.91 Å². The lowest BCUT2D eigenvalue weighted by Gasteiger charge is -2.38. The predicted molar refractivity (Wildman–Crippen MR) is 55.5 cm³/mol. The first-order valence-electron chi connectivity index (χ1n) is 5.96. The normalized spacial score (nSPS) is 33.3. The second-order valence-electron chi connectivity index (χ2n) is 4.96. The van der Waals surface area contributed by atoms with Gasteiger partial charge >= 0.3 is 0 Å². The van der Waals surface area contributed by atoms with E-state index in [2.05, 4.69) is 5.32 Å². The summed E-state index contributed by atoms with van der Waals surface area (Å²) >= 11 is 0. The van der Waals surface area contributed by atoms with Gasteiger partial charge in [0, 0.05) is 26.2 Å². The van der Waals surface area contributed by atoms with Crippen molar-refractivity contribution in [3.8, 4) is 0 Å². The summed E-state index contributed by atoms with van der Waals surface area (Å²) in [7, 11) is 0. The standard InChI is InChI=1S/C11H18N2O2/c14-10(13-5-1-2-6-13)9-3-4-11(15-9)7-12-8-11/h9,12H,1-8H2/t9-/m0/s1. The Hall–Kier alpha value is -0.610. The van der Waals surface area contributed by atoms with Crippen LogP contribution in [0.4, 0.5) is 0 Å². The van der Waals surface area contributed by atoms with E-state index in [1.54, 1.807) is 0 Å². The maximum absolute atomic E-state index is 12.1. The molecule has 0 bridgehead atoms. The van der Waals surface area contributed by atoms with Gasteiger partial charge in [-0.2, -0.15) is 0 Å². The second-order valence-corrected chi connectivity index (χ2v) is 4.96. The molecule has 0 unspecified atom stereocenters. The molecule has 4 heteroatoms. The molecule has 3 rings (SSSR count). The lowest BCUT2D eigenvalue weighted by molar-refractivity contribution is -0.150. The van der Waals surface area contributed by atoms with Crippen LogP contribution in [0.5, 0.6) is 0 Å². The topological polar surface area (TPSA) is 41.6 Å². The van der Waals surface area contributed by atoms with E-state index >= 15 is 0 Å². The molecule has 0 aromatic carbocycles. The van der Waals surface area contributed by atoms with Gasteiger partial charge in [0.15, 0.2) is 0 Å². The number of nitrogens with one attached hydrogen (secondary N) is 1. The van der Waals surface area contributed by atoms with Gasteiger partial charge in [0.1, 0.15) is 6.10 Å². The fourth-order valence-corrected chi connectivity index (χ4v) is 2.79. The van der Waals surface area contributed by atoms with E-state index in [1.165, 1.54) is 0 Å². The monoisotopic (exact) mass is 210 g/mol. The van der Waals surface area contributed by atoms with Crippen LogP contribution < -0.4 is 5.32 Å². The third-order valence-electron chi connectivity index (χ3n) is 3.84. The maximum atomic E-state index is 12.1. The molecule has 15 heavy (non-hydrogen) atoms. The van der Waals surface area contributed by atoms with Gasteiger partial charge in [-0.25, -0.2) is 0 Å². The molecule has 1 N–H and O–H groups in total. The largest absolute Gasteiger partial charge is 0.359 e. The van der Waals surface area contributed by atoms with Gasteiger partial charge in [-0.05, 0) is 25.7 Å². The van der Waals surface area contributed by atoms with Gasteiger partial charge in [0.05, 0.1) is 5.60 Å². The SMILES string of the molecule is O=C([C@@H]1CCC2(CNC2)O1)N1CCCC1. The van der Waals surface area contributed by atoms with Crippen molar-refractivity contribution in [2.24, 2.45) is 0 Å². The Morgan fingerprint density at radius 1 is 1.33 bits per heavy atom. The fourth-order valence-electron chi connectivity index (χ4n) is 2.79. The number of ether oxygens (including phenoxy) is 1. The van der Waals surface area contributed by atoms with Crippen molar-refractivity contribution in [3.63, 3.8) is 0 Å². The highest BCUT2D eigenvalue weighted by atomic mass is 16.5. The summed E-state index contributed by atoms with van der Waals surface area (Å²) in [4.78, 5) is 14.0. The first kappa shape index (κ1) is 9.60. The quantitative estimate of drug-likeness (QED) is 0.669. The maximum Gasteiger partial charge on any atom is 0.251 e. The van der Waals surface area contributed by atoms with Gasteiger partial charge in [0.25, 0.3) is 5.91 Å². The summed E-state index contributed by atoms with van der Waals surface area (Å²) < 4.78 is 5.91. The first-order valence-corrected chi connectivity index (χ1v) is 5.96. The summed E-state index contributed by atoms with van der Waals surface area (Å²) in [6.45, 7) is 3.72. The minimum atomic E-state index is -0.148. The Balaban J connectivity index is 1.61. The zero-order chi connectivity index (χ0) is 10.3. The van der Waals surface area contributed by atoms with Crippen LogP contribution in [-0.4, -0.2) is 48.7 Å². The van der Waals surface area contributed by atoms with Crippen LogP contribution in [-0.2, 0) is 9.53 Å². The summed E-state index contributed by atoms with van der Waals surface area (Å²) in [5.74, 6) is 0.233. The molecule has 4 nitrogen and oxygen atoms in total. The Bertz CT molecular complexity index is 270. The highest BCUT2D eigenvalue weighted by Gasteiger charge is 2.47. The van der Waals surface area contributed by atoms with Gasteiger partial charge < -0.3 is 15.0 Å². The number of likely N-dealkylation sites (tertiary alicyclic amines) is 1. The Labute approximate surface area is 90.0 Å². The number of amides is 1. The Morgan fingerprint density at radius 2 is 2.07 bits per heavy atom. The molecule has 3 saturated heterocycles. The molecule has 0 radical (unpaired) electrons. The van der Waals surface area contributed by atoms with Crippen molar-refractivity contribution in [3.05, 3.63) is 0 Å². The van der Waals surface area contributed by atoms with Gasteiger partial charge in [0.2, 0.25) is 0 Å². The number of hydrogen-bond donors (Lipinski definition) is 1. The molecule has 0 saturated carbocycles. The molecule has 84 valence electrons. The number of rotatable bonds is 1. The average molecular weight is 210 g/mol. The molecule has 0 aromatic rings. The zero-order valence-electron chi connectivity index (χ0n) is 9.00. The van der Waals surface area contributed by atoms with E-state index < -0.39 is 0 Å². The van der Waals surface area contributed by atoms with Crippen LogP contribution in [0, 0.1) is 0 Å². The van der Waals surface area contributed by atoms with E-state index in [-0.39, 0.29) is 17.6 Å². The molecule has 0 aromatic heterocycles. The fraction of sp³-hybridized carbons (Fsp3) is 0.909. The molecule has 1 amide bonds. The van der Waals surface area contributed by atoms with Crippen LogP contribution in [0.15, 0.2) is 0 Å². The molecule has 1 atom stereocenters. The smallest absolute Gasteiger partial charge is 0.251 e. The van der Waals surface area contributed by atoms with E-state index in [0.29, 0.717) is 0 Å². The van der Waals surface area contributed by atoms with E-state index in [1.807, 2.05) is 4.90 Å². The third kappa shape index (κ3) is 1.56. The van der Waals surface area contributed by atoms with Crippen molar-refractivity contribution in [1.82, 2.24) is 10.2 Å². The van der Waals surface area contributed by atoms with Gasteiger partial charge in [-0.3, -0.25) is 4.79 Å². The van der Waals surface area contributed by atoms with Crippen molar-refractivity contribution in [2.75, 3.05) is 26.2 Å². The summed E-state index contributed by atoms with van der Waals surface area (Å²) in [5, 5.41) is 3.22. The van der Waals surface area contributed by atoms with E-state index in [0.717, 1.165) is 51.9 Å². The molecule has 3 fully saturated rings. The molecule has 3 heterocycles. The van der Waals surface area contributed by atoms with Gasteiger partial charge in [-0.1, -0.05) is 0 Å². The van der Waals surface area contributed by atoms with Crippen LogP contribution in [0.25, 0.3) is 0 Å². The third-order valence-corrected chi connectivity index (χ3v) is 3.84. The summed E-state index contributed by atoms with van der Waals surface area (Å²) in [6.07, 6.45) is 4.13.